The van der Waals surface area contributed by atoms with Gasteiger partial charge in [-0.3, -0.25) is 4.79 Å². The van der Waals surface area contributed by atoms with E-state index in [2.05, 4.69) is 5.32 Å². The molecule has 1 aromatic rings. The lowest BCUT2D eigenvalue weighted by Gasteiger charge is -2.23. The van der Waals surface area contributed by atoms with E-state index in [0.717, 1.165) is 17.7 Å². The standard InChI is InChI=1S/C15H21NO2/c17-15(18)10-12-6-4-5-7-13(12)11-16-14-8-2-1-3-9-14/h4-7,14,16H,1-3,8-11H2,(H,17,18). The summed E-state index contributed by atoms with van der Waals surface area (Å²) < 4.78 is 0. The van der Waals surface area contributed by atoms with Crippen LogP contribution in [0.4, 0.5) is 0 Å². The Kier molecular flexibility index (Phi) is 4.76. The van der Waals surface area contributed by atoms with Crippen LogP contribution in [0.5, 0.6) is 0 Å². The number of hydrogen-bond donors (Lipinski definition) is 2. The third-order valence-corrected chi connectivity index (χ3v) is 3.65. The predicted octanol–water partition coefficient (Wildman–Crippen LogP) is 2.74. The summed E-state index contributed by atoms with van der Waals surface area (Å²) in [7, 11) is 0. The molecule has 0 spiro atoms. The van der Waals surface area contributed by atoms with Crippen molar-refractivity contribution in [1.29, 1.82) is 0 Å². The number of nitrogens with one attached hydrogen (secondary N) is 1. The number of carboxylic acids is 1. The molecule has 98 valence electrons. The first-order valence-corrected chi connectivity index (χ1v) is 6.77. The number of benzene rings is 1. The molecule has 3 heteroatoms. The van der Waals surface area contributed by atoms with E-state index in [1.54, 1.807) is 0 Å². The topological polar surface area (TPSA) is 49.3 Å². The zero-order valence-corrected chi connectivity index (χ0v) is 10.7. The van der Waals surface area contributed by atoms with Crippen LogP contribution < -0.4 is 5.32 Å². The van der Waals surface area contributed by atoms with E-state index in [0.29, 0.717) is 6.04 Å². The third-order valence-electron chi connectivity index (χ3n) is 3.65. The molecule has 0 bridgehead atoms. The van der Waals surface area contributed by atoms with Crippen molar-refractivity contribution in [3.05, 3.63) is 35.4 Å². The summed E-state index contributed by atoms with van der Waals surface area (Å²) in [6.07, 6.45) is 6.60. The molecule has 2 rings (SSSR count). The maximum absolute atomic E-state index is 10.8. The van der Waals surface area contributed by atoms with Crippen LogP contribution in [0.25, 0.3) is 0 Å². The SMILES string of the molecule is O=C(O)Cc1ccccc1CNC1CCCCC1. The quantitative estimate of drug-likeness (QED) is 0.841. The summed E-state index contributed by atoms with van der Waals surface area (Å²) in [6.45, 7) is 0.786. The van der Waals surface area contributed by atoms with Gasteiger partial charge < -0.3 is 10.4 Å². The second-order valence-corrected chi connectivity index (χ2v) is 5.06. The fraction of sp³-hybridized carbons (Fsp3) is 0.533. The molecule has 1 saturated carbocycles. The molecule has 0 aromatic heterocycles. The molecule has 0 amide bonds. The molecule has 0 radical (unpaired) electrons. The number of carbonyl (C=O) groups is 1. The van der Waals surface area contributed by atoms with Crippen molar-refractivity contribution in [3.8, 4) is 0 Å². The van der Waals surface area contributed by atoms with Crippen molar-refractivity contribution in [2.45, 2.75) is 51.1 Å². The third kappa shape index (κ3) is 3.84. The number of carboxylic acid groups (broad SMARTS) is 1. The van der Waals surface area contributed by atoms with Crippen LogP contribution in [0.15, 0.2) is 24.3 Å². The number of rotatable bonds is 5. The van der Waals surface area contributed by atoms with Crippen LogP contribution >= 0.6 is 0 Å². The Labute approximate surface area is 108 Å². The van der Waals surface area contributed by atoms with Crippen molar-refractivity contribution < 1.29 is 9.90 Å². The maximum Gasteiger partial charge on any atom is 0.307 e. The summed E-state index contributed by atoms with van der Waals surface area (Å²) >= 11 is 0. The van der Waals surface area contributed by atoms with Gasteiger partial charge in [-0.1, -0.05) is 43.5 Å². The van der Waals surface area contributed by atoms with E-state index in [-0.39, 0.29) is 6.42 Å². The largest absolute Gasteiger partial charge is 0.481 e. The minimum absolute atomic E-state index is 0.114. The van der Waals surface area contributed by atoms with Crippen LogP contribution in [0.2, 0.25) is 0 Å². The van der Waals surface area contributed by atoms with Crippen molar-refractivity contribution in [1.82, 2.24) is 5.32 Å². The van der Waals surface area contributed by atoms with Gasteiger partial charge in [0.1, 0.15) is 0 Å². The summed E-state index contributed by atoms with van der Waals surface area (Å²) in [5.41, 5.74) is 2.04. The first-order chi connectivity index (χ1) is 8.75. The molecule has 18 heavy (non-hydrogen) atoms. The molecule has 1 aliphatic rings. The monoisotopic (exact) mass is 247 g/mol. The average molecular weight is 247 g/mol. The van der Waals surface area contributed by atoms with Crippen LogP contribution in [0.1, 0.15) is 43.2 Å². The van der Waals surface area contributed by atoms with Crippen LogP contribution in [-0.2, 0) is 17.8 Å². The molecule has 0 unspecified atom stereocenters. The van der Waals surface area contributed by atoms with Gasteiger partial charge >= 0.3 is 5.97 Å². The average Bonchev–Trinajstić information content (AvgIpc) is 2.38. The molecule has 0 heterocycles. The zero-order chi connectivity index (χ0) is 12.8. The van der Waals surface area contributed by atoms with Crippen LogP contribution in [-0.4, -0.2) is 17.1 Å². The Morgan fingerprint density at radius 1 is 1.17 bits per heavy atom. The van der Waals surface area contributed by atoms with Gasteiger partial charge in [-0.2, -0.15) is 0 Å². The normalized spacial score (nSPS) is 16.7. The van der Waals surface area contributed by atoms with Gasteiger partial charge in [0.15, 0.2) is 0 Å². The Morgan fingerprint density at radius 2 is 1.83 bits per heavy atom. The Bertz CT molecular complexity index is 397. The summed E-state index contributed by atoms with van der Waals surface area (Å²) in [5.74, 6) is -0.764. The Morgan fingerprint density at radius 3 is 2.50 bits per heavy atom. The summed E-state index contributed by atoms with van der Waals surface area (Å²) in [5, 5.41) is 12.4. The van der Waals surface area contributed by atoms with Gasteiger partial charge in [0.05, 0.1) is 6.42 Å². The molecular weight excluding hydrogens is 226 g/mol. The van der Waals surface area contributed by atoms with Gasteiger partial charge in [-0.15, -0.1) is 0 Å². The van der Waals surface area contributed by atoms with Crippen molar-refractivity contribution in [2.75, 3.05) is 0 Å². The lowest BCUT2D eigenvalue weighted by molar-refractivity contribution is -0.136. The van der Waals surface area contributed by atoms with Crippen molar-refractivity contribution in [3.63, 3.8) is 0 Å². The fourth-order valence-corrected chi connectivity index (χ4v) is 2.63. The highest BCUT2D eigenvalue weighted by Gasteiger charge is 2.13. The van der Waals surface area contributed by atoms with E-state index < -0.39 is 5.97 Å². The molecule has 2 N–H and O–H groups in total. The summed E-state index contributed by atoms with van der Waals surface area (Å²) in [6, 6.07) is 8.42. The predicted molar refractivity (Wildman–Crippen MR) is 71.5 cm³/mol. The van der Waals surface area contributed by atoms with E-state index in [1.807, 2.05) is 24.3 Å². The highest BCUT2D eigenvalue weighted by molar-refractivity contribution is 5.70. The first-order valence-electron chi connectivity index (χ1n) is 6.77. The maximum atomic E-state index is 10.8. The molecule has 0 aliphatic heterocycles. The zero-order valence-electron chi connectivity index (χ0n) is 10.7. The van der Waals surface area contributed by atoms with Gasteiger partial charge in [0.2, 0.25) is 0 Å². The van der Waals surface area contributed by atoms with Crippen molar-refractivity contribution >= 4 is 5.97 Å². The lowest BCUT2D eigenvalue weighted by Crippen LogP contribution is -2.30. The van der Waals surface area contributed by atoms with Gasteiger partial charge in [-0.25, -0.2) is 0 Å². The molecular formula is C15H21NO2. The van der Waals surface area contributed by atoms with Gasteiger partial charge in [0, 0.05) is 12.6 Å². The number of aliphatic carboxylic acids is 1. The van der Waals surface area contributed by atoms with Crippen molar-refractivity contribution in [2.24, 2.45) is 0 Å². The van der Waals surface area contributed by atoms with Gasteiger partial charge in [-0.05, 0) is 24.0 Å². The van der Waals surface area contributed by atoms with E-state index in [1.165, 1.54) is 32.1 Å². The summed E-state index contributed by atoms with van der Waals surface area (Å²) in [4.78, 5) is 10.8. The molecule has 1 aromatic carbocycles. The second kappa shape index (κ2) is 6.55. The smallest absolute Gasteiger partial charge is 0.307 e. The van der Waals surface area contributed by atoms with E-state index >= 15 is 0 Å². The van der Waals surface area contributed by atoms with Gasteiger partial charge in [0.25, 0.3) is 0 Å². The van der Waals surface area contributed by atoms with Crippen LogP contribution in [0.3, 0.4) is 0 Å². The molecule has 3 nitrogen and oxygen atoms in total. The number of hydrogen-bond acceptors (Lipinski definition) is 2. The lowest BCUT2D eigenvalue weighted by atomic mass is 9.95. The minimum Gasteiger partial charge on any atom is -0.481 e. The molecule has 0 saturated heterocycles. The minimum atomic E-state index is -0.764. The van der Waals surface area contributed by atoms with E-state index in [4.69, 9.17) is 5.11 Å². The highest BCUT2D eigenvalue weighted by Crippen LogP contribution is 2.18. The fourth-order valence-electron chi connectivity index (χ4n) is 2.63. The molecule has 0 atom stereocenters. The Hall–Kier alpha value is -1.35. The molecule has 1 aliphatic carbocycles. The molecule has 1 fully saturated rings. The Balaban J connectivity index is 1.93. The highest BCUT2D eigenvalue weighted by atomic mass is 16.4. The van der Waals surface area contributed by atoms with Crippen LogP contribution in [0, 0.1) is 0 Å². The van der Waals surface area contributed by atoms with E-state index in [9.17, 15) is 4.79 Å². The second-order valence-electron chi connectivity index (χ2n) is 5.06. The first kappa shape index (κ1) is 13.1.